The Morgan fingerprint density at radius 3 is 2.46 bits per heavy atom. The van der Waals surface area contributed by atoms with Crippen molar-refractivity contribution in [3.8, 4) is 9.88 Å². The number of carbonyl (C=O) groups is 2. The van der Waals surface area contributed by atoms with E-state index >= 15 is 0 Å². The van der Waals surface area contributed by atoms with Crippen molar-refractivity contribution >= 4 is 50.5 Å². The first-order valence-corrected chi connectivity index (χ1v) is 12.7. The maximum atomic E-state index is 13.3. The van der Waals surface area contributed by atoms with Gasteiger partial charge in [-0.25, -0.2) is 9.78 Å². The van der Waals surface area contributed by atoms with Crippen LogP contribution in [-0.4, -0.2) is 16.9 Å². The quantitative estimate of drug-likeness (QED) is 0.252. The van der Waals surface area contributed by atoms with Crippen LogP contribution in [0.2, 0.25) is 0 Å². The molecule has 0 aliphatic heterocycles. The molecule has 0 saturated heterocycles. The summed E-state index contributed by atoms with van der Waals surface area (Å²) < 4.78 is 6.87. The maximum Gasteiger partial charge on any atom is 0.349 e. The molecule has 7 heteroatoms. The van der Waals surface area contributed by atoms with Crippen LogP contribution in [0.15, 0.2) is 84.9 Å². The number of esters is 1. The molecule has 5 rings (SSSR count). The standard InChI is InChI=1S/C28H22N2O3S2/c1-17-12-13-18(2)21(16-17)29-26(31)25(19-8-4-3-5-9-19)33-28(32)24-15-14-23(34-24)27-30-20-10-6-7-11-22(20)35-27/h3-16,25H,1-2H3,(H,29,31). The monoisotopic (exact) mass is 498 g/mol. The van der Waals surface area contributed by atoms with Gasteiger partial charge in [-0.05, 0) is 55.3 Å². The summed E-state index contributed by atoms with van der Waals surface area (Å²) in [5.41, 5.74) is 4.19. The van der Waals surface area contributed by atoms with Gasteiger partial charge < -0.3 is 10.1 Å². The Hall–Kier alpha value is -3.81. The van der Waals surface area contributed by atoms with Crippen LogP contribution in [0.1, 0.15) is 32.5 Å². The number of ether oxygens (including phenoxy) is 1. The van der Waals surface area contributed by atoms with Crippen molar-refractivity contribution < 1.29 is 14.3 Å². The molecule has 1 unspecified atom stereocenters. The molecule has 1 atom stereocenters. The number of fused-ring (bicyclic) bond motifs is 1. The first kappa shape index (κ1) is 23.0. The third-order valence-corrected chi connectivity index (χ3v) is 7.80. The number of nitrogens with one attached hydrogen (secondary N) is 1. The highest BCUT2D eigenvalue weighted by Gasteiger charge is 2.27. The molecule has 0 aliphatic rings. The number of aryl methyl sites for hydroxylation is 2. The van der Waals surface area contributed by atoms with Crippen LogP contribution in [0.25, 0.3) is 20.1 Å². The molecule has 5 aromatic rings. The second-order valence-electron chi connectivity index (χ2n) is 8.15. The zero-order valence-corrected chi connectivity index (χ0v) is 20.8. The lowest BCUT2D eigenvalue weighted by Gasteiger charge is -2.18. The van der Waals surface area contributed by atoms with E-state index < -0.39 is 18.0 Å². The van der Waals surface area contributed by atoms with E-state index in [0.29, 0.717) is 16.1 Å². The first-order valence-electron chi connectivity index (χ1n) is 11.1. The minimum atomic E-state index is -1.09. The second-order valence-corrected chi connectivity index (χ2v) is 10.3. The van der Waals surface area contributed by atoms with E-state index in [1.54, 1.807) is 29.5 Å². The number of nitrogens with zero attached hydrogens (tertiary/aromatic N) is 1. The van der Waals surface area contributed by atoms with Gasteiger partial charge in [0.25, 0.3) is 5.91 Å². The minimum Gasteiger partial charge on any atom is -0.443 e. The molecule has 0 saturated carbocycles. The van der Waals surface area contributed by atoms with Crippen molar-refractivity contribution in [2.45, 2.75) is 20.0 Å². The van der Waals surface area contributed by atoms with Crippen molar-refractivity contribution in [2.24, 2.45) is 0 Å². The number of carbonyl (C=O) groups excluding carboxylic acids is 2. The molecule has 1 N–H and O–H groups in total. The van der Waals surface area contributed by atoms with Crippen LogP contribution in [-0.2, 0) is 9.53 Å². The van der Waals surface area contributed by atoms with E-state index in [9.17, 15) is 9.59 Å². The van der Waals surface area contributed by atoms with Gasteiger partial charge in [0.05, 0.1) is 15.1 Å². The molecule has 5 nitrogen and oxygen atoms in total. The van der Waals surface area contributed by atoms with Gasteiger partial charge in [-0.1, -0.05) is 54.6 Å². The second kappa shape index (κ2) is 9.82. The third-order valence-electron chi connectivity index (χ3n) is 5.53. The molecular weight excluding hydrogens is 476 g/mol. The number of hydrogen-bond donors (Lipinski definition) is 1. The van der Waals surface area contributed by atoms with Crippen LogP contribution < -0.4 is 5.32 Å². The number of para-hydroxylation sites is 1. The Balaban J connectivity index is 1.39. The van der Waals surface area contributed by atoms with Crippen molar-refractivity contribution in [3.63, 3.8) is 0 Å². The Kier molecular flexibility index (Phi) is 6.44. The molecule has 3 aromatic carbocycles. The van der Waals surface area contributed by atoms with Gasteiger partial charge in [-0.3, -0.25) is 4.79 Å². The van der Waals surface area contributed by atoms with Crippen molar-refractivity contribution in [1.82, 2.24) is 4.98 Å². The summed E-state index contributed by atoms with van der Waals surface area (Å²) in [4.78, 5) is 32.4. The molecule has 1 amide bonds. The Bertz CT molecular complexity index is 1490. The molecule has 35 heavy (non-hydrogen) atoms. The number of aromatic nitrogens is 1. The summed E-state index contributed by atoms with van der Waals surface area (Å²) in [5, 5.41) is 3.78. The summed E-state index contributed by atoms with van der Waals surface area (Å²) in [5.74, 6) is -0.950. The molecule has 2 heterocycles. The van der Waals surface area contributed by atoms with Gasteiger partial charge in [0.15, 0.2) is 0 Å². The summed E-state index contributed by atoms with van der Waals surface area (Å²) in [6.45, 7) is 3.89. The normalized spacial score (nSPS) is 11.8. The molecular formula is C28H22N2O3S2. The number of anilines is 1. The number of thiophene rings is 1. The fourth-order valence-electron chi connectivity index (χ4n) is 3.67. The predicted molar refractivity (Wildman–Crippen MR) is 142 cm³/mol. The van der Waals surface area contributed by atoms with Gasteiger partial charge in [0.1, 0.15) is 9.88 Å². The van der Waals surface area contributed by atoms with Gasteiger partial charge in [-0.15, -0.1) is 22.7 Å². The number of hydrogen-bond acceptors (Lipinski definition) is 6. The van der Waals surface area contributed by atoms with Crippen LogP contribution >= 0.6 is 22.7 Å². The molecule has 0 fully saturated rings. The topological polar surface area (TPSA) is 68.3 Å². The highest BCUT2D eigenvalue weighted by Crippen LogP contribution is 2.35. The zero-order chi connectivity index (χ0) is 24.4. The van der Waals surface area contributed by atoms with Crippen molar-refractivity contribution in [2.75, 3.05) is 5.32 Å². The van der Waals surface area contributed by atoms with Gasteiger partial charge >= 0.3 is 5.97 Å². The summed E-state index contributed by atoms with van der Waals surface area (Å²) >= 11 is 2.89. The fourth-order valence-corrected chi connectivity index (χ4v) is 5.58. The van der Waals surface area contributed by atoms with E-state index in [1.165, 1.54) is 11.3 Å². The summed E-state index contributed by atoms with van der Waals surface area (Å²) in [6.07, 6.45) is -1.09. The van der Waals surface area contributed by atoms with E-state index in [1.807, 2.05) is 80.6 Å². The van der Waals surface area contributed by atoms with Gasteiger partial charge in [0, 0.05) is 11.3 Å². The van der Waals surface area contributed by atoms with E-state index in [2.05, 4.69) is 10.3 Å². The summed E-state index contributed by atoms with van der Waals surface area (Å²) in [6, 6.07) is 26.4. The lowest BCUT2D eigenvalue weighted by molar-refractivity contribution is -0.125. The smallest absolute Gasteiger partial charge is 0.349 e. The number of benzene rings is 3. The average molecular weight is 499 g/mol. The maximum absolute atomic E-state index is 13.3. The van der Waals surface area contributed by atoms with Crippen molar-refractivity contribution in [1.29, 1.82) is 0 Å². The molecule has 174 valence electrons. The minimum absolute atomic E-state index is 0.402. The lowest BCUT2D eigenvalue weighted by atomic mass is 10.1. The SMILES string of the molecule is Cc1ccc(C)c(NC(=O)C(OC(=O)c2ccc(-c3nc4ccccc4s3)s2)c2ccccc2)c1. The van der Waals surface area contributed by atoms with Crippen LogP contribution in [0.4, 0.5) is 5.69 Å². The first-order chi connectivity index (χ1) is 17.0. The lowest BCUT2D eigenvalue weighted by Crippen LogP contribution is -2.26. The highest BCUT2D eigenvalue weighted by molar-refractivity contribution is 7.26. The fraction of sp³-hybridized carbons (Fsp3) is 0.107. The van der Waals surface area contributed by atoms with Crippen LogP contribution in [0.3, 0.4) is 0 Å². The summed E-state index contributed by atoms with van der Waals surface area (Å²) in [7, 11) is 0. The van der Waals surface area contributed by atoms with Gasteiger partial charge in [-0.2, -0.15) is 0 Å². The number of thiazole rings is 1. The number of rotatable bonds is 6. The van der Waals surface area contributed by atoms with Gasteiger partial charge in [0.2, 0.25) is 6.10 Å². The van der Waals surface area contributed by atoms with Crippen LogP contribution in [0, 0.1) is 13.8 Å². The zero-order valence-electron chi connectivity index (χ0n) is 19.1. The van der Waals surface area contributed by atoms with E-state index in [0.717, 1.165) is 31.2 Å². The van der Waals surface area contributed by atoms with E-state index in [-0.39, 0.29) is 0 Å². The van der Waals surface area contributed by atoms with Crippen molar-refractivity contribution in [3.05, 3.63) is 106 Å². The largest absolute Gasteiger partial charge is 0.443 e. The average Bonchev–Trinajstić information content (AvgIpc) is 3.52. The molecule has 0 radical (unpaired) electrons. The predicted octanol–water partition coefficient (Wildman–Crippen LogP) is 7.18. The van der Waals surface area contributed by atoms with Crippen LogP contribution in [0.5, 0.6) is 0 Å². The number of amides is 1. The highest BCUT2D eigenvalue weighted by atomic mass is 32.1. The Labute approximate surface area is 211 Å². The molecule has 0 bridgehead atoms. The van der Waals surface area contributed by atoms with E-state index in [4.69, 9.17) is 4.74 Å². The molecule has 0 spiro atoms. The third kappa shape index (κ3) is 5.01. The Morgan fingerprint density at radius 1 is 0.886 bits per heavy atom. The molecule has 0 aliphatic carbocycles. The Morgan fingerprint density at radius 2 is 1.66 bits per heavy atom. The molecule has 2 aromatic heterocycles.